The maximum Gasteiger partial charge on any atom is 0.276 e. The molecule has 8 heteroatoms. The first-order chi connectivity index (χ1) is 9.51. The first-order valence-corrected chi connectivity index (χ1v) is 6.39. The standard InChI is InChI=1S/C12H12BrN5O2/c1-18-5-4-10(16-18)12(19)15-9-3-2-7(13)6-8(9)11(14)17-20/h2-6,20H,1H3,(H2,14,17)(H,15,19). The van der Waals surface area contributed by atoms with Gasteiger partial charge in [-0.2, -0.15) is 5.10 Å². The Bertz CT molecular complexity index is 680. The molecule has 104 valence electrons. The van der Waals surface area contributed by atoms with Crippen molar-refractivity contribution in [3.63, 3.8) is 0 Å². The van der Waals surface area contributed by atoms with E-state index in [0.717, 1.165) is 4.47 Å². The van der Waals surface area contributed by atoms with E-state index >= 15 is 0 Å². The van der Waals surface area contributed by atoms with Gasteiger partial charge in [0.2, 0.25) is 0 Å². The van der Waals surface area contributed by atoms with Crippen LogP contribution in [0.15, 0.2) is 40.1 Å². The van der Waals surface area contributed by atoms with Gasteiger partial charge in [0.05, 0.1) is 5.69 Å². The minimum atomic E-state index is -0.375. The Morgan fingerprint density at radius 3 is 2.85 bits per heavy atom. The largest absolute Gasteiger partial charge is 0.409 e. The van der Waals surface area contributed by atoms with E-state index in [-0.39, 0.29) is 17.4 Å². The summed E-state index contributed by atoms with van der Waals surface area (Å²) in [5, 5.41) is 18.4. The Kier molecular flexibility index (Phi) is 4.04. The molecule has 0 aliphatic heterocycles. The maximum absolute atomic E-state index is 12.0. The van der Waals surface area contributed by atoms with Crippen LogP contribution in [0, 0.1) is 0 Å². The lowest BCUT2D eigenvalue weighted by molar-refractivity contribution is 0.102. The van der Waals surface area contributed by atoms with Crippen LogP contribution in [0.3, 0.4) is 0 Å². The third-order valence-electron chi connectivity index (χ3n) is 2.56. The molecule has 1 aromatic carbocycles. The molecule has 0 saturated carbocycles. The van der Waals surface area contributed by atoms with E-state index in [2.05, 4.69) is 31.5 Å². The first kappa shape index (κ1) is 14.1. The number of nitrogens with zero attached hydrogens (tertiary/aromatic N) is 3. The number of amides is 1. The number of rotatable bonds is 3. The van der Waals surface area contributed by atoms with E-state index < -0.39 is 0 Å². The molecule has 2 aromatic rings. The van der Waals surface area contributed by atoms with E-state index in [4.69, 9.17) is 10.9 Å². The number of nitrogens with two attached hydrogens (primary N) is 1. The van der Waals surface area contributed by atoms with E-state index in [1.165, 1.54) is 4.68 Å². The van der Waals surface area contributed by atoms with Crippen molar-refractivity contribution in [2.75, 3.05) is 5.32 Å². The summed E-state index contributed by atoms with van der Waals surface area (Å²) in [5.74, 6) is -0.470. The molecule has 0 radical (unpaired) electrons. The lowest BCUT2D eigenvalue weighted by Crippen LogP contribution is -2.19. The number of anilines is 1. The molecule has 1 aromatic heterocycles. The fraction of sp³-hybridized carbons (Fsp3) is 0.0833. The Morgan fingerprint density at radius 1 is 1.50 bits per heavy atom. The number of hydrogen-bond donors (Lipinski definition) is 3. The molecule has 0 atom stereocenters. The quantitative estimate of drug-likeness (QED) is 0.341. The molecule has 1 amide bonds. The van der Waals surface area contributed by atoms with Crippen LogP contribution in [0.1, 0.15) is 16.1 Å². The molecule has 4 N–H and O–H groups in total. The van der Waals surface area contributed by atoms with Crippen molar-refractivity contribution in [3.05, 3.63) is 46.2 Å². The molecule has 0 saturated heterocycles. The van der Waals surface area contributed by atoms with Crippen LogP contribution < -0.4 is 11.1 Å². The van der Waals surface area contributed by atoms with E-state index in [0.29, 0.717) is 11.3 Å². The smallest absolute Gasteiger partial charge is 0.276 e. The lowest BCUT2D eigenvalue weighted by Gasteiger charge is -2.09. The molecular formula is C12H12BrN5O2. The van der Waals surface area contributed by atoms with Crippen molar-refractivity contribution < 1.29 is 10.0 Å². The number of halogens is 1. The zero-order chi connectivity index (χ0) is 14.7. The summed E-state index contributed by atoms with van der Waals surface area (Å²) < 4.78 is 2.27. The topological polar surface area (TPSA) is 106 Å². The summed E-state index contributed by atoms with van der Waals surface area (Å²) in [5.41, 5.74) is 6.71. The number of carbonyl (C=O) groups is 1. The molecule has 7 nitrogen and oxygen atoms in total. The number of amidine groups is 1. The lowest BCUT2D eigenvalue weighted by atomic mass is 10.1. The zero-order valence-corrected chi connectivity index (χ0v) is 12.1. The number of oxime groups is 1. The molecule has 20 heavy (non-hydrogen) atoms. The van der Waals surface area contributed by atoms with Crippen molar-refractivity contribution >= 4 is 33.4 Å². The van der Waals surface area contributed by atoms with Crippen molar-refractivity contribution in [1.29, 1.82) is 0 Å². The van der Waals surface area contributed by atoms with Gasteiger partial charge in [-0.3, -0.25) is 9.48 Å². The second-order valence-corrected chi connectivity index (χ2v) is 4.92. The summed E-state index contributed by atoms with van der Waals surface area (Å²) in [7, 11) is 1.72. The molecule has 0 aliphatic rings. The van der Waals surface area contributed by atoms with Gasteiger partial charge in [-0.05, 0) is 24.3 Å². The van der Waals surface area contributed by atoms with Gasteiger partial charge in [-0.15, -0.1) is 0 Å². The molecule has 0 aliphatic carbocycles. The molecular weight excluding hydrogens is 326 g/mol. The van der Waals surface area contributed by atoms with Crippen LogP contribution in [0.2, 0.25) is 0 Å². The fourth-order valence-corrected chi connectivity index (χ4v) is 1.97. The van der Waals surface area contributed by atoms with Gasteiger partial charge in [0.15, 0.2) is 11.5 Å². The van der Waals surface area contributed by atoms with Crippen molar-refractivity contribution in [2.45, 2.75) is 0 Å². The predicted molar refractivity (Wildman–Crippen MR) is 77.8 cm³/mol. The summed E-state index contributed by atoms with van der Waals surface area (Å²) in [4.78, 5) is 12.0. The van der Waals surface area contributed by atoms with Crippen LogP contribution in [0.25, 0.3) is 0 Å². The third kappa shape index (κ3) is 2.97. The van der Waals surface area contributed by atoms with Gasteiger partial charge < -0.3 is 16.3 Å². The monoisotopic (exact) mass is 337 g/mol. The number of nitrogens with one attached hydrogen (secondary N) is 1. The van der Waals surface area contributed by atoms with E-state index in [1.807, 2.05) is 0 Å². The number of hydrogen-bond acceptors (Lipinski definition) is 4. The second kappa shape index (κ2) is 5.74. The van der Waals surface area contributed by atoms with E-state index in [1.54, 1.807) is 37.5 Å². The van der Waals surface area contributed by atoms with Crippen molar-refractivity contribution in [2.24, 2.45) is 17.9 Å². The van der Waals surface area contributed by atoms with Crippen LogP contribution in [-0.2, 0) is 7.05 Å². The van der Waals surface area contributed by atoms with Gasteiger partial charge >= 0.3 is 0 Å². The Balaban J connectivity index is 2.32. The zero-order valence-electron chi connectivity index (χ0n) is 10.5. The van der Waals surface area contributed by atoms with Crippen LogP contribution in [-0.4, -0.2) is 26.7 Å². The molecule has 0 bridgehead atoms. The van der Waals surface area contributed by atoms with Gasteiger partial charge in [-0.25, -0.2) is 0 Å². The summed E-state index contributed by atoms with van der Waals surface area (Å²) in [6.45, 7) is 0. The van der Waals surface area contributed by atoms with Gasteiger partial charge in [0.25, 0.3) is 5.91 Å². The maximum atomic E-state index is 12.0. The summed E-state index contributed by atoms with van der Waals surface area (Å²) in [6.07, 6.45) is 1.67. The average Bonchev–Trinajstić information content (AvgIpc) is 2.86. The van der Waals surface area contributed by atoms with Crippen LogP contribution >= 0.6 is 15.9 Å². The van der Waals surface area contributed by atoms with Gasteiger partial charge in [0, 0.05) is 23.3 Å². The van der Waals surface area contributed by atoms with Gasteiger partial charge in [-0.1, -0.05) is 21.1 Å². The van der Waals surface area contributed by atoms with Crippen LogP contribution in [0.4, 0.5) is 5.69 Å². The van der Waals surface area contributed by atoms with Crippen molar-refractivity contribution in [3.8, 4) is 0 Å². The Morgan fingerprint density at radius 2 is 2.25 bits per heavy atom. The first-order valence-electron chi connectivity index (χ1n) is 5.59. The highest BCUT2D eigenvalue weighted by Gasteiger charge is 2.14. The molecule has 0 unspecified atom stereocenters. The Labute approximate surface area is 123 Å². The van der Waals surface area contributed by atoms with Crippen LogP contribution in [0.5, 0.6) is 0 Å². The number of aryl methyl sites for hydroxylation is 1. The average molecular weight is 338 g/mol. The minimum Gasteiger partial charge on any atom is -0.409 e. The molecule has 1 heterocycles. The van der Waals surface area contributed by atoms with Crippen molar-refractivity contribution in [1.82, 2.24) is 9.78 Å². The summed E-state index contributed by atoms with van der Waals surface area (Å²) >= 11 is 3.29. The Hall–Kier alpha value is -2.35. The molecule has 0 fully saturated rings. The third-order valence-corrected chi connectivity index (χ3v) is 3.05. The molecule has 0 spiro atoms. The highest BCUT2D eigenvalue weighted by molar-refractivity contribution is 9.10. The normalized spacial score (nSPS) is 11.4. The predicted octanol–water partition coefficient (Wildman–Crippen LogP) is 1.53. The second-order valence-electron chi connectivity index (χ2n) is 4.00. The minimum absolute atomic E-state index is 0.0948. The summed E-state index contributed by atoms with van der Waals surface area (Å²) in [6, 6.07) is 6.63. The number of carbonyl (C=O) groups excluding carboxylic acids is 1. The highest BCUT2D eigenvalue weighted by Crippen LogP contribution is 2.21. The number of benzene rings is 1. The highest BCUT2D eigenvalue weighted by atomic mass is 79.9. The van der Waals surface area contributed by atoms with E-state index in [9.17, 15) is 4.79 Å². The molecule has 2 rings (SSSR count). The number of aromatic nitrogens is 2. The van der Waals surface area contributed by atoms with Gasteiger partial charge in [0.1, 0.15) is 0 Å². The fourth-order valence-electron chi connectivity index (χ4n) is 1.61. The SMILES string of the molecule is Cn1ccc(C(=O)Nc2ccc(Br)cc2/C(N)=N/O)n1.